The van der Waals surface area contributed by atoms with Crippen molar-refractivity contribution in [2.45, 2.75) is 38.1 Å². The molecule has 11 heteroatoms. The number of piperidine rings is 2. The largest absolute Gasteiger partial charge is 0.364 e. The smallest absolute Gasteiger partial charge is 0.271 e. The SMILES string of the molecule is Cn1cc(Nc2nc(N3CCC[C@@H](N4CCC5(CCNCC5)C4=O)C3)cnc2C(N)=O)cn1. The zero-order chi connectivity index (χ0) is 23.0. The monoisotopic (exact) mass is 453 g/mol. The number of aryl methyl sites for hydroxylation is 1. The van der Waals surface area contributed by atoms with Gasteiger partial charge in [-0.3, -0.25) is 14.3 Å². The quantitative estimate of drug-likeness (QED) is 0.600. The summed E-state index contributed by atoms with van der Waals surface area (Å²) in [7, 11) is 1.81. The van der Waals surface area contributed by atoms with E-state index in [4.69, 9.17) is 5.73 Å². The van der Waals surface area contributed by atoms with Crippen molar-refractivity contribution >= 4 is 29.1 Å². The molecule has 3 aliphatic heterocycles. The van der Waals surface area contributed by atoms with Crippen molar-refractivity contribution in [3.63, 3.8) is 0 Å². The highest BCUT2D eigenvalue weighted by Crippen LogP contribution is 2.41. The normalized spacial score (nSPS) is 22.7. The fraction of sp³-hybridized carbons (Fsp3) is 0.591. The Morgan fingerprint density at radius 2 is 2.06 bits per heavy atom. The average Bonchev–Trinajstić information content (AvgIpc) is 3.37. The molecule has 2 amide bonds. The number of anilines is 3. The van der Waals surface area contributed by atoms with Crippen LogP contribution in [0.1, 0.15) is 42.6 Å². The van der Waals surface area contributed by atoms with Gasteiger partial charge in [0.2, 0.25) is 5.91 Å². The Morgan fingerprint density at radius 3 is 2.79 bits per heavy atom. The van der Waals surface area contributed by atoms with Gasteiger partial charge >= 0.3 is 0 Å². The summed E-state index contributed by atoms with van der Waals surface area (Å²) in [4.78, 5) is 38.6. The predicted octanol–water partition coefficient (Wildman–Crippen LogP) is 0.624. The molecule has 0 unspecified atom stereocenters. The molecule has 4 N–H and O–H groups in total. The van der Waals surface area contributed by atoms with Gasteiger partial charge in [-0.15, -0.1) is 0 Å². The number of nitrogens with one attached hydrogen (secondary N) is 2. The van der Waals surface area contributed by atoms with E-state index in [1.165, 1.54) is 0 Å². The zero-order valence-electron chi connectivity index (χ0n) is 19.0. The van der Waals surface area contributed by atoms with E-state index in [0.717, 1.165) is 58.3 Å². The number of likely N-dealkylation sites (tertiary alicyclic amines) is 1. The molecule has 2 aromatic rings. The fourth-order valence-corrected chi connectivity index (χ4v) is 5.40. The van der Waals surface area contributed by atoms with Gasteiger partial charge in [0.25, 0.3) is 5.91 Å². The van der Waals surface area contributed by atoms with Crippen molar-refractivity contribution in [3.8, 4) is 0 Å². The molecule has 0 bridgehead atoms. The van der Waals surface area contributed by atoms with Gasteiger partial charge < -0.3 is 26.2 Å². The summed E-state index contributed by atoms with van der Waals surface area (Å²) in [6, 6.07) is 0.160. The van der Waals surface area contributed by atoms with Crippen LogP contribution in [-0.4, -0.2) is 75.2 Å². The molecular weight excluding hydrogens is 422 g/mol. The Bertz CT molecular complexity index is 1050. The first-order valence-corrected chi connectivity index (χ1v) is 11.6. The molecule has 2 aromatic heterocycles. The third-order valence-corrected chi connectivity index (χ3v) is 7.23. The predicted molar refractivity (Wildman–Crippen MR) is 123 cm³/mol. The van der Waals surface area contributed by atoms with E-state index in [0.29, 0.717) is 29.8 Å². The molecule has 5 heterocycles. The standard InChI is InChI=1S/C22H31N9O2/c1-29-13-15(11-26-29)27-20-18(19(23)32)25-12-17(28-20)30-9-2-3-16(14-30)31-10-6-22(21(31)33)4-7-24-8-5-22/h11-13,16,24H,2-10,14H2,1H3,(H2,23,32)(H,27,28)/t16-/m1/s1. The van der Waals surface area contributed by atoms with E-state index in [2.05, 4.69) is 35.5 Å². The van der Waals surface area contributed by atoms with Gasteiger partial charge in [-0.05, 0) is 45.2 Å². The van der Waals surface area contributed by atoms with E-state index < -0.39 is 5.91 Å². The maximum atomic E-state index is 13.4. The van der Waals surface area contributed by atoms with Gasteiger partial charge in [0.1, 0.15) is 5.82 Å². The number of nitrogens with zero attached hydrogens (tertiary/aromatic N) is 6. The van der Waals surface area contributed by atoms with Crippen LogP contribution in [-0.2, 0) is 11.8 Å². The van der Waals surface area contributed by atoms with Crippen molar-refractivity contribution in [1.29, 1.82) is 0 Å². The number of aromatic nitrogens is 4. The topological polar surface area (TPSA) is 134 Å². The molecule has 11 nitrogen and oxygen atoms in total. The number of carbonyl (C=O) groups excluding carboxylic acids is 2. The molecular formula is C22H31N9O2. The lowest BCUT2D eigenvalue weighted by Gasteiger charge is -2.39. The van der Waals surface area contributed by atoms with Crippen LogP contribution in [0.5, 0.6) is 0 Å². The number of carbonyl (C=O) groups is 2. The van der Waals surface area contributed by atoms with E-state index >= 15 is 0 Å². The van der Waals surface area contributed by atoms with E-state index in [1.54, 1.807) is 23.3 Å². The zero-order valence-corrected chi connectivity index (χ0v) is 19.0. The molecule has 0 saturated carbocycles. The van der Waals surface area contributed by atoms with E-state index in [1.807, 2.05) is 7.05 Å². The summed E-state index contributed by atoms with van der Waals surface area (Å²) < 4.78 is 1.65. The van der Waals surface area contributed by atoms with E-state index in [9.17, 15) is 9.59 Å². The third-order valence-electron chi connectivity index (χ3n) is 7.23. The fourth-order valence-electron chi connectivity index (χ4n) is 5.40. The highest BCUT2D eigenvalue weighted by Gasteiger charge is 2.49. The molecule has 176 valence electrons. The van der Waals surface area contributed by atoms with Crippen molar-refractivity contribution in [3.05, 3.63) is 24.3 Å². The Kier molecular flexibility index (Phi) is 5.65. The van der Waals surface area contributed by atoms with Crippen molar-refractivity contribution in [2.75, 3.05) is 42.9 Å². The molecule has 0 radical (unpaired) electrons. The van der Waals surface area contributed by atoms with Gasteiger partial charge in [0.15, 0.2) is 11.5 Å². The van der Waals surface area contributed by atoms with Gasteiger partial charge in [-0.25, -0.2) is 9.97 Å². The van der Waals surface area contributed by atoms with Crippen LogP contribution in [0.3, 0.4) is 0 Å². The Labute approximate surface area is 192 Å². The van der Waals surface area contributed by atoms with Gasteiger partial charge in [0, 0.05) is 38.9 Å². The van der Waals surface area contributed by atoms with Gasteiger partial charge in [-0.2, -0.15) is 5.10 Å². The van der Waals surface area contributed by atoms with Crippen LogP contribution in [0, 0.1) is 5.41 Å². The molecule has 3 aliphatic rings. The molecule has 3 saturated heterocycles. The van der Waals surface area contributed by atoms with Crippen LogP contribution < -0.4 is 21.3 Å². The summed E-state index contributed by atoms with van der Waals surface area (Å²) >= 11 is 0. The van der Waals surface area contributed by atoms with Crippen LogP contribution >= 0.6 is 0 Å². The molecule has 1 spiro atoms. The summed E-state index contributed by atoms with van der Waals surface area (Å²) in [5.41, 5.74) is 6.13. The van der Waals surface area contributed by atoms with Crippen LogP contribution in [0.25, 0.3) is 0 Å². The summed E-state index contributed by atoms with van der Waals surface area (Å²) in [5.74, 6) is 0.650. The maximum Gasteiger partial charge on any atom is 0.271 e. The first-order chi connectivity index (χ1) is 15.9. The molecule has 0 aromatic carbocycles. The number of rotatable bonds is 5. The first-order valence-electron chi connectivity index (χ1n) is 11.6. The van der Waals surface area contributed by atoms with Crippen molar-refractivity contribution in [2.24, 2.45) is 18.2 Å². The highest BCUT2D eigenvalue weighted by molar-refractivity contribution is 5.96. The molecule has 1 atom stereocenters. The lowest BCUT2D eigenvalue weighted by molar-refractivity contribution is -0.139. The summed E-state index contributed by atoms with van der Waals surface area (Å²) in [6.45, 7) is 4.20. The van der Waals surface area contributed by atoms with E-state index in [-0.39, 0.29) is 17.2 Å². The van der Waals surface area contributed by atoms with Crippen LogP contribution in [0.2, 0.25) is 0 Å². The molecule has 3 fully saturated rings. The molecule has 5 rings (SSSR count). The Hall–Kier alpha value is -3.21. The minimum atomic E-state index is -0.646. The maximum absolute atomic E-state index is 13.4. The second-order valence-electron chi connectivity index (χ2n) is 9.34. The van der Waals surface area contributed by atoms with Crippen molar-refractivity contribution < 1.29 is 9.59 Å². The number of primary amides is 1. The summed E-state index contributed by atoms with van der Waals surface area (Å²) in [5, 5.41) is 10.6. The number of hydrogen-bond acceptors (Lipinski definition) is 8. The average molecular weight is 454 g/mol. The van der Waals surface area contributed by atoms with Crippen LogP contribution in [0.4, 0.5) is 17.3 Å². The lowest BCUT2D eigenvalue weighted by atomic mass is 9.77. The molecule has 33 heavy (non-hydrogen) atoms. The lowest BCUT2D eigenvalue weighted by Crippen LogP contribution is -2.51. The van der Waals surface area contributed by atoms with Crippen LogP contribution in [0.15, 0.2) is 18.6 Å². The van der Waals surface area contributed by atoms with Gasteiger partial charge in [0.05, 0.1) is 23.5 Å². The Balaban J connectivity index is 1.34. The number of amides is 2. The van der Waals surface area contributed by atoms with Gasteiger partial charge in [-0.1, -0.05) is 0 Å². The number of nitrogens with two attached hydrogens (primary N) is 1. The second kappa shape index (κ2) is 8.62. The summed E-state index contributed by atoms with van der Waals surface area (Å²) in [6.07, 6.45) is 9.80. The second-order valence-corrected chi connectivity index (χ2v) is 9.34. The molecule has 0 aliphatic carbocycles. The minimum absolute atomic E-state index is 0.0822. The first kappa shape index (κ1) is 21.6. The highest BCUT2D eigenvalue weighted by atomic mass is 16.2. The Morgan fingerprint density at radius 1 is 1.24 bits per heavy atom. The number of hydrogen-bond donors (Lipinski definition) is 3. The van der Waals surface area contributed by atoms with Crippen molar-refractivity contribution in [1.82, 2.24) is 30.0 Å². The third kappa shape index (κ3) is 4.12. The minimum Gasteiger partial charge on any atom is -0.364 e.